The van der Waals surface area contributed by atoms with E-state index in [-0.39, 0.29) is 28.9 Å². The minimum Gasteiger partial charge on any atom is -0.382 e. The molecular weight excluding hydrogens is 450 g/mol. The van der Waals surface area contributed by atoms with Crippen molar-refractivity contribution >= 4 is 34.8 Å². The van der Waals surface area contributed by atoms with Gasteiger partial charge in [0.25, 0.3) is 5.91 Å². The van der Waals surface area contributed by atoms with Crippen LogP contribution in [-0.4, -0.2) is 40.5 Å². The number of rotatable bonds is 2. The van der Waals surface area contributed by atoms with Gasteiger partial charge in [-0.2, -0.15) is 0 Å². The van der Waals surface area contributed by atoms with Crippen molar-refractivity contribution < 1.29 is 4.79 Å². The van der Waals surface area contributed by atoms with E-state index in [4.69, 9.17) is 23.1 Å². The summed E-state index contributed by atoms with van der Waals surface area (Å²) in [5, 5.41) is 0.759. The van der Waals surface area contributed by atoms with Crippen molar-refractivity contribution in [2.75, 3.05) is 35.2 Å². The number of hydrogen-bond acceptors (Lipinski definition) is 7. The topological polar surface area (TPSA) is 114 Å². The Bertz CT molecular complexity index is 1290. The summed E-state index contributed by atoms with van der Waals surface area (Å²) in [7, 11) is 0. The number of hydrogen-bond donors (Lipinski definition) is 2. The van der Waals surface area contributed by atoms with Gasteiger partial charge in [-0.15, -0.1) is 0 Å². The van der Waals surface area contributed by atoms with Crippen LogP contribution in [0.25, 0.3) is 0 Å². The van der Waals surface area contributed by atoms with E-state index in [2.05, 4.69) is 32.0 Å². The zero-order valence-electron chi connectivity index (χ0n) is 18.7. The number of nitrogens with zero attached hydrogens (tertiary/aromatic N) is 5. The van der Waals surface area contributed by atoms with Crippen LogP contribution in [0.1, 0.15) is 46.2 Å². The minimum atomic E-state index is -0.241. The molecule has 6 rings (SSSR count). The molecular formula is C25H26ClN7O. The zero-order valence-corrected chi connectivity index (χ0v) is 19.5. The molecule has 34 heavy (non-hydrogen) atoms. The molecule has 8 nitrogen and oxygen atoms in total. The normalized spacial score (nSPS) is 20.5. The Morgan fingerprint density at radius 2 is 1.97 bits per heavy atom. The van der Waals surface area contributed by atoms with E-state index >= 15 is 0 Å². The van der Waals surface area contributed by atoms with Crippen LogP contribution in [0, 0.1) is 5.41 Å². The van der Waals surface area contributed by atoms with Gasteiger partial charge in [-0.1, -0.05) is 17.7 Å². The van der Waals surface area contributed by atoms with E-state index in [0.29, 0.717) is 12.4 Å². The lowest BCUT2D eigenvalue weighted by Crippen LogP contribution is -2.44. The predicted octanol–water partition coefficient (Wildman–Crippen LogP) is 3.15. The molecule has 0 saturated carbocycles. The summed E-state index contributed by atoms with van der Waals surface area (Å²) in [5.41, 5.74) is 17.4. The molecule has 3 aromatic rings. The smallest absolute Gasteiger partial charge is 0.280 e. The maximum absolute atomic E-state index is 13.1. The van der Waals surface area contributed by atoms with Crippen molar-refractivity contribution in [1.82, 2.24) is 15.0 Å². The van der Waals surface area contributed by atoms with Crippen LogP contribution in [0.15, 0.2) is 42.7 Å². The molecule has 3 aliphatic rings. The van der Waals surface area contributed by atoms with E-state index in [0.717, 1.165) is 55.2 Å². The number of piperidine rings is 1. The highest BCUT2D eigenvalue weighted by Crippen LogP contribution is 2.51. The summed E-state index contributed by atoms with van der Waals surface area (Å²) in [5.74, 6) is 0.605. The fourth-order valence-electron chi connectivity index (χ4n) is 5.77. The molecule has 174 valence electrons. The summed E-state index contributed by atoms with van der Waals surface area (Å²) in [4.78, 5) is 30.3. The maximum atomic E-state index is 13.1. The molecule has 4 N–H and O–H groups in total. The van der Waals surface area contributed by atoms with Gasteiger partial charge in [-0.05, 0) is 60.1 Å². The van der Waals surface area contributed by atoms with Crippen molar-refractivity contribution in [2.45, 2.75) is 31.7 Å². The Morgan fingerprint density at radius 3 is 2.76 bits per heavy atom. The van der Waals surface area contributed by atoms with Crippen LogP contribution in [0.3, 0.4) is 0 Å². The van der Waals surface area contributed by atoms with Crippen molar-refractivity contribution in [3.63, 3.8) is 0 Å². The monoisotopic (exact) mass is 475 g/mol. The second kappa shape index (κ2) is 7.92. The third-order valence-electron chi connectivity index (χ3n) is 7.69. The summed E-state index contributed by atoms with van der Waals surface area (Å²) in [6.07, 6.45) is 6.96. The number of aromatic nitrogens is 3. The highest BCUT2D eigenvalue weighted by molar-refractivity contribution is 6.30. The van der Waals surface area contributed by atoms with Gasteiger partial charge in [0.05, 0.1) is 17.6 Å². The summed E-state index contributed by atoms with van der Waals surface area (Å²) in [6.45, 7) is 2.18. The lowest BCUT2D eigenvalue weighted by Gasteiger charge is -2.42. The Labute approximate surface area is 203 Å². The standard InChI is InChI=1S/C25H26ClN7O/c26-16-3-4-17-15(12-16)13-25(22(17)27)6-10-32(11-7-25)20-14-30-21(23(28)31-20)24(34)33-9-5-18-19(33)2-1-8-29-18/h1-4,8,12,14,22H,5-7,9-11,13,27H2,(H2,28,31). The van der Waals surface area contributed by atoms with Crippen LogP contribution < -0.4 is 21.3 Å². The number of anilines is 3. The van der Waals surface area contributed by atoms with Gasteiger partial charge in [0.2, 0.25) is 0 Å². The van der Waals surface area contributed by atoms with Crippen molar-refractivity contribution in [2.24, 2.45) is 11.1 Å². The van der Waals surface area contributed by atoms with Crippen molar-refractivity contribution in [3.05, 3.63) is 70.3 Å². The summed E-state index contributed by atoms with van der Waals surface area (Å²) >= 11 is 6.21. The molecule has 1 amide bonds. The number of pyridine rings is 1. The highest BCUT2D eigenvalue weighted by Gasteiger charge is 2.46. The first-order valence-corrected chi connectivity index (χ1v) is 12.0. The Balaban J connectivity index is 1.17. The molecule has 9 heteroatoms. The van der Waals surface area contributed by atoms with Crippen molar-refractivity contribution in [3.8, 4) is 0 Å². The number of fused-ring (bicyclic) bond motifs is 2. The number of carbonyl (C=O) groups excluding carboxylic acids is 1. The van der Waals surface area contributed by atoms with Crippen LogP contribution in [-0.2, 0) is 12.8 Å². The molecule has 1 fully saturated rings. The number of carbonyl (C=O) groups is 1. The summed E-state index contributed by atoms with van der Waals surface area (Å²) < 4.78 is 0. The van der Waals surface area contributed by atoms with Crippen molar-refractivity contribution in [1.29, 1.82) is 0 Å². The van der Waals surface area contributed by atoms with E-state index in [1.165, 1.54) is 11.1 Å². The van der Waals surface area contributed by atoms with Gasteiger partial charge in [0, 0.05) is 43.3 Å². The largest absolute Gasteiger partial charge is 0.382 e. The summed E-state index contributed by atoms with van der Waals surface area (Å²) in [6, 6.07) is 9.78. The van der Waals surface area contributed by atoms with Gasteiger partial charge >= 0.3 is 0 Å². The predicted molar refractivity (Wildman–Crippen MR) is 132 cm³/mol. The fourth-order valence-corrected chi connectivity index (χ4v) is 5.97. The van der Waals surface area contributed by atoms with Crippen LogP contribution in [0.5, 0.6) is 0 Å². The Kier molecular flexibility index (Phi) is 4.97. The van der Waals surface area contributed by atoms with Gasteiger partial charge in [0.15, 0.2) is 11.5 Å². The quantitative estimate of drug-likeness (QED) is 0.585. The molecule has 0 bridgehead atoms. The second-order valence-electron chi connectivity index (χ2n) is 9.49. The lowest BCUT2D eigenvalue weighted by atomic mass is 9.73. The van der Waals surface area contributed by atoms with Crippen LogP contribution in [0.2, 0.25) is 5.02 Å². The van der Waals surface area contributed by atoms with Crippen LogP contribution >= 0.6 is 11.6 Å². The maximum Gasteiger partial charge on any atom is 0.280 e. The SMILES string of the molecule is Nc1nc(N2CCC3(CC2)Cc2cc(Cl)ccc2C3N)cnc1C(=O)N1CCc2ncccc21. The van der Waals surface area contributed by atoms with Gasteiger partial charge < -0.3 is 21.3 Å². The molecule has 1 atom stereocenters. The zero-order chi connectivity index (χ0) is 23.4. The first-order chi connectivity index (χ1) is 16.4. The molecule has 1 unspecified atom stereocenters. The van der Waals surface area contributed by atoms with E-state index in [1.807, 2.05) is 18.2 Å². The highest BCUT2D eigenvalue weighted by atomic mass is 35.5. The average Bonchev–Trinajstić information content (AvgIpc) is 3.38. The van der Waals surface area contributed by atoms with E-state index < -0.39 is 0 Å². The molecule has 1 spiro atoms. The van der Waals surface area contributed by atoms with Gasteiger partial charge in [-0.3, -0.25) is 9.78 Å². The number of nitrogens with two attached hydrogens (primary N) is 2. The van der Waals surface area contributed by atoms with Crippen LogP contribution in [0.4, 0.5) is 17.3 Å². The average molecular weight is 476 g/mol. The number of benzene rings is 1. The molecule has 1 aliphatic carbocycles. The molecule has 4 heterocycles. The second-order valence-corrected chi connectivity index (χ2v) is 9.92. The Hall–Kier alpha value is -3.23. The third kappa shape index (κ3) is 3.32. The molecule has 2 aliphatic heterocycles. The number of nitrogen functional groups attached to an aromatic ring is 1. The first-order valence-electron chi connectivity index (χ1n) is 11.6. The Morgan fingerprint density at radius 1 is 1.15 bits per heavy atom. The minimum absolute atomic E-state index is 0.0101. The molecule has 1 aromatic carbocycles. The first kappa shape index (κ1) is 21.3. The lowest BCUT2D eigenvalue weighted by molar-refractivity contribution is 0.0985. The van der Waals surface area contributed by atoms with E-state index in [9.17, 15) is 4.79 Å². The molecule has 1 saturated heterocycles. The van der Waals surface area contributed by atoms with Gasteiger partial charge in [-0.25, -0.2) is 9.97 Å². The number of amides is 1. The number of halogens is 1. The third-order valence-corrected chi connectivity index (χ3v) is 7.92. The molecule has 0 radical (unpaired) electrons. The van der Waals surface area contributed by atoms with E-state index in [1.54, 1.807) is 17.3 Å². The fraction of sp³-hybridized carbons (Fsp3) is 0.360. The van der Waals surface area contributed by atoms with Gasteiger partial charge in [0.1, 0.15) is 5.82 Å². The molecule has 2 aromatic heterocycles.